The van der Waals surface area contributed by atoms with Gasteiger partial charge in [-0.05, 0) is 23.3 Å². The number of amides is 1. The van der Waals surface area contributed by atoms with E-state index in [0.717, 1.165) is 13.1 Å². The number of nitro benzene ring substituents is 1. The van der Waals surface area contributed by atoms with Crippen LogP contribution in [-0.2, 0) is 14.3 Å². The van der Waals surface area contributed by atoms with Crippen LogP contribution in [0.1, 0.15) is 17.2 Å². The summed E-state index contributed by atoms with van der Waals surface area (Å²) in [5.41, 5.74) is 0.161. The van der Waals surface area contributed by atoms with E-state index < -0.39 is 28.4 Å². The van der Waals surface area contributed by atoms with Crippen molar-refractivity contribution in [1.29, 1.82) is 0 Å². The summed E-state index contributed by atoms with van der Waals surface area (Å²) in [6.07, 6.45) is 1.59. The number of nitrogens with zero attached hydrogens (tertiary/aromatic N) is 2. The van der Waals surface area contributed by atoms with E-state index in [0.29, 0.717) is 37.7 Å². The van der Waals surface area contributed by atoms with Gasteiger partial charge < -0.3 is 24.4 Å². The molecule has 1 atom stereocenters. The molecule has 2 fully saturated rings. The summed E-state index contributed by atoms with van der Waals surface area (Å²) in [5.74, 6) is -1.74. The Labute approximate surface area is 208 Å². The van der Waals surface area contributed by atoms with E-state index in [4.69, 9.17) is 9.47 Å². The zero-order valence-corrected chi connectivity index (χ0v) is 19.7. The number of quaternary nitrogens is 1. The second kappa shape index (κ2) is 11.1. The lowest BCUT2D eigenvalue weighted by atomic mass is 9.95. The molecule has 2 heterocycles. The highest BCUT2D eigenvalue weighted by Gasteiger charge is 2.44. The third kappa shape index (κ3) is 5.29. The minimum absolute atomic E-state index is 0.187. The molecule has 2 saturated heterocycles. The van der Waals surface area contributed by atoms with Gasteiger partial charge in [-0.2, -0.15) is 0 Å². The summed E-state index contributed by atoms with van der Waals surface area (Å²) in [5, 5.41) is 24.9. The molecule has 1 unspecified atom stereocenters. The SMILES string of the molecule is C=CCOc1ccc(/C([O-])=C2\C(=O)C(=O)N(CC[NH+]3CCOCC3)C2c2cccc([N+](=O)[O-])c2)cc1. The zero-order chi connectivity index (χ0) is 25.7. The molecule has 188 valence electrons. The maximum atomic E-state index is 13.5. The monoisotopic (exact) mass is 493 g/mol. The number of Topliss-reactive ketones (excluding diaryl/α,β-unsaturated/α-hetero) is 1. The Morgan fingerprint density at radius 2 is 1.92 bits per heavy atom. The zero-order valence-electron chi connectivity index (χ0n) is 19.7. The van der Waals surface area contributed by atoms with Gasteiger partial charge in [-0.15, -0.1) is 0 Å². The van der Waals surface area contributed by atoms with E-state index in [1.807, 2.05) is 0 Å². The number of nitrogens with one attached hydrogen (secondary N) is 1. The average molecular weight is 494 g/mol. The second-order valence-electron chi connectivity index (χ2n) is 8.56. The van der Waals surface area contributed by atoms with E-state index in [1.165, 1.54) is 40.1 Å². The number of ether oxygens (including phenoxy) is 2. The molecule has 0 spiro atoms. The van der Waals surface area contributed by atoms with Crippen molar-refractivity contribution in [3.8, 4) is 5.75 Å². The van der Waals surface area contributed by atoms with Crippen LogP contribution in [-0.4, -0.2) is 67.5 Å². The van der Waals surface area contributed by atoms with Crippen LogP contribution in [0.4, 0.5) is 5.69 Å². The number of likely N-dealkylation sites (tertiary alicyclic amines) is 1. The molecule has 2 aromatic rings. The fourth-order valence-corrected chi connectivity index (χ4v) is 4.46. The van der Waals surface area contributed by atoms with E-state index in [9.17, 15) is 24.8 Å². The summed E-state index contributed by atoms with van der Waals surface area (Å²) in [6.45, 7) is 7.43. The molecule has 0 aromatic heterocycles. The van der Waals surface area contributed by atoms with Crippen molar-refractivity contribution in [1.82, 2.24) is 4.90 Å². The Bertz CT molecular complexity index is 1190. The number of benzene rings is 2. The molecule has 2 aliphatic heterocycles. The number of carbonyl (C=O) groups is 2. The van der Waals surface area contributed by atoms with Gasteiger partial charge >= 0.3 is 0 Å². The van der Waals surface area contributed by atoms with Crippen LogP contribution in [0.15, 0.2) is 66.8 Å². The number of ketones is 1. The lowest BCUT2D eigenvalue weighted by Crippen LogP contribution is -3.14. The number of nitro groups is 1. The minimum Gasteiger partial charge on any atom is -0.872 e. The largest absolute Gasteiger partial charge is 0.872 e. The Balaban J connectivity index is 1.73. The van der Waals surface area contributed by atoms with Gasteiger partial charge in [0.25, 0.3) is 11.6 Å². The van der Waals surface area contributed by atoms with Gasteiger partial charge in [-0.1, -0.05) is 42.7 Å². The lowest BCUT2D eigenvalue weighted by Gasteiger charge is -2.30. The van der Waals surface area contributed by atoms with Crippen molar-refractivity contribution in [3.05, 3.63) is 88.0 Å². The molecule has 0 aliphatic carbocycles. The first kappa shape index (κ1) is 25.1. The summed E-state index contributed by atoms with van der Waals surface area (Å²) in [4.78, 5) is 39.7. The molecule has 4 rings (SSSR count). The van der Waals surface area contributed by atoms with Crippen molar-refractivity contribution in [3.63, 3.8) is 0 Å². The number of hydrogen-bond acceptors (Lipinski definition) is 7. The van der Waals surface area contributed by atoms with Gasteiger partial charge in [0.2, 0.25) is 5.78 Å². The summed E-state index contributed by atoms with van der Waals surface area (Å²) >= 11 is 0. The Hall–Kier alpha value is -4.02. The van der Waals surface area contributed by atoms with Gasteiger partial charge in [0.1, 0.15) is 25.4 Å². The highest BCUT2D eigenvalue weighted by Crippen LogP contribution is 2.39. The van der Waals surface area contributed by atoms with Gasteiger partial charge in [0.05, 0.1) is 37.3 Å². The molecule has 36 heavy (non-hydrogen) atoms. The first-order chi connectivity index (χ1) is 17.4. The fraction of sp³-hybridized carbons (Fsp3) is 0.308. The van der Waals surface area contributed by atoms with Crippen LogP contribution in [0.3, 0.4) is 0 Å². The van der Waals surface area contributed by atoms with Crippen LogP contribution in [0.2, 0.25) is 0 Å². The van der Waals surface area contributed by atoms with Crippen molar-refractivity contribution < 1.29 is 34.0 Å². The highest BCUT2D eigenvalue weighted by molar-refractivity contribution is 6.46. The summed E-state index contributed by atoms with van der Waals surface area (Å²) in [7, 11) is 0. The third-order valence-electron chi connectivity index (χ3n) is 6.32. The van der Waals surface area contributed by atoms with Gasteiger partial charge in [0.15, 0.2) is 0 Å². The van der Waals surface area contributed by atoms with Crippen molar-refractivity contribution >= 4 is 23.1 Å². The Morgan fingerprint density at radius 1 is 1.19 bits per heavy atom. The number of morpholine rings is 1. The van der Waals surface area contributed by atoms with Crippen LogP contribution in [0.5, 0.6) is 5.75 Å². The van der Waals surface area contributed by atoms with Crippen LogP contribution >= 0.6 is 0 Å². The second-order valence-corrected chi connectivity index (χ2v) is 8.56. The lowest BCUT2D eigenvalue weighted by molar-refractivity contribution is -0.907. The van der Waals surface area contributed by atoms with E-state index in [2.05, 4.69) is 6.58 Å². The van der Waals surface area contributed by atoms with Gasteiger partial charge in [0, 0.05) is 17.7 Å². The topological polar surface area (TPSA) is 126 Å². The van der Waals surface area contributed by atoms with Crippen molar-refractivity contribution in [2.24, 2.45) is 0 Å². The molecule has 2 aromatic carbocycles. The van der Waals surface area contributed by atoms with E-state index >= 15 is 0 Å². The number of non-ortho nitro benzene ring substituents is 1. The molecule has 0 bridgehead atoms. The first-order valence-electron chi connectivity index (χ1n) is 11.7. The average Bonchev–Trinajstić information content (AvgIpc) is 3.16. The highest BCUT2D eigenvalue weighted by atomic mass is 16.6. The quantitative estimate of drug-likeness (QED) is 0.133. The number of hydrogen-bond donors (Lipinski definition) is 1. The molecular weight excluding hydrogens is 466 g/mol. The Morgan fingerprint density at radius 3 is 2.58 bits per heavy atom. The summed E-state index contributed by atoms with van der Waals surface area (Å²) in [6, 6.07) is 10.9. The third-order valence-corrected chi connectivity index (χ3v) is 6.32. The molecule has 0 radical (unpaired) electrons. The maximum absolute atomic E-state index is 13.5. The maximum Gasteiger partial charge on any atom is 0.295 e. The normalized spacial score (nSPS) is 19.9. The molecule has 2 aliphatic rings. The van der Waals surface area contributed by atoms with Gasteiger partial charge in [-0.25, -0.2) is 0 Å². The fourth-order valence-electron chi connectivity index (χ4n) is 4.46. The summed E-state index contributed by atoms with van der Waals surface area (Å²) < 4.78 is 10.8. The van der Waals surface area contributed by atoms with Crippen LogP contribution < -0.4 is 14.7 Å². The smallest absolute Gasteiger partial charge is 0.295 e. The number of rotatable bonds is 9. The molecule has 1 N–H and O–H groups in total. The molecular formula is C26H27N3O7. The molecule has 10 nitrogen and oxygen atoms in total. The van der Waals surface area contributed by atoms with E-state index in [-0.39, 0.29) is 23.4 Å². The van der Waals surface area contributed by atoms with Crippen LogP contribution in [0, 0.1) is 10.1 Å². The van der Waals surface area contributed by atoms with Crippen molar-refractivity contribution in [2.75, 3.05) is 46.0 Å². The first-order valence-corrected chi connectivity index (χ1v) is 11.7. The predicted octanol–water partition coefficient (Wildman–Crippen LogP) is 0.299. The van der Waals surface area contributed by atoms with Gasteiger partial charge in [-0.3, -0.25) is 19.7 Å². The van der Waals surface area contributed by atoms with E-state index in [1.54, 1.807) is 24.3 Å². The predicted molar refractivity (Wildman–Crippen MR) is 128 cm³/mol. The standard InChI is InChI=1S/C26H27N3O7/c1-2-14-36-21-8-6-18(7-9-21)24(30)22-23(19-4-3-5-20(17-19)29(33)34)28(26(32)25(22)31)11-10-27-12-15-35-16-13-27/h2-9,17,23,30H,1,10-16H2/b24-22+. The van der Waals surface area contributed by atoms with Crippen molar-refractivity contribution in [2.45, 2.75) is 6.04 Å². The minimum atomic E-state index is -1.02. The van der Waals surface area contributed by atoms with Crippen LogP contribution in [0.25, 0.3) is 5.76 Å². The molecule has 0 saturated carbocycles. The Kier molecular flexibility index (Phi) is 7.77. The molecule has 10 heteroatoms. The number of carbonyl (C=O) groups excluding carboxylic acids is 2. The molecule has 1 amide bonds.